The first kappa shape index (κ1) is 30.2. The van der Waals surface area contributed by atoms with Crippen molar-refractivity contribution in [1.29, 1.82) is 0 Å². The van der Waals surface area contributed by atoms with E-state index in [4.69, 9.17) is 9.26 Å². The second-order valence-electron chi connectivity index (χ2n) is 11.3. The van der Waals surface area contributed by atoms with E-state index >= 15 is 0 Å². The Labute approximate surface area is 240 Å². The summed E-state index contributed by atoms with van der Waals surface area (Å²) < 4.78 is 11.5. The lowest BCUT2D eigenvalue weighted by molar-refractivity contribution is 0.0366. The van der Waals surface area contributed by atoms with Crippen LogP contribution in [0.2, 0.25) is 0 Å². The number of anilines is 2. The molecular weight excluding hydrogens is 528 g/mol. The number of nitrogens with one attached hydrogen (secondary N) is 3. The van der Waals surface area contributed by atoms with E-state index in [1.807, 2.05) is 6.92 Å². The van der Waals surface area contributed by atoms with Crippen LogP contribution >= 0.6 is 0 Å². The molecule has 2 aliphatic rings. The van der Waals surface area contributed by atoms with Gasteiger partial charge in [0, 0.05) is 31.2 Å². The van der Waals surface area contributed by atoms with E-state index in [0.29, 0.717) is 41.7 Å². The molecule has 0 spiro atoms. The Morgan fingerprint density at radius 1 is 1.20 bits per heavy atom. The highest BCUT2D eigenvalue weighted by Crippen LogP contribution is 2.31. The second-order valence-corrected chi connectivity index (χ2v) is 11.3. The van der Waals surface area contributed by atoms with E-state index in [9.17, 15) is 19.5 Å². The summed E-state index contributed by atoms with van der Waals surface area (Å²) in [6.45, 7) is 7.61. The van der Waals surface area contributed by atoms with Crippen molar-refractivity contribution in [1.82, 2.24) is 20.3 Å². The fraction of sp³-hybridized carbons (Fsp3) is 0.586. The third-order valence-electron chi connectivity index (χ3n) is 7.93. The molecule has 5 amide bonds. The predicted octanol–water partition coefficient (Wildman–Crippen LogP) is 4.13. The van der Waals surface area contributed by atoms with Crippen molar-refractivity contribution in [2.24, 2.45) is 5.92 Å². The summed E-state index contributed by atoms with van der Waals surface area (Å²) in [5.41, 5.74) is 1.66. The summed E-state index contributed by atoms with van der Waals surface area (Å²) in [5.74, 6) is 0.375. The molecule has 2 aromatic rings. The van der Waals surface area contributed by atoms with Crippen LogP contribution in [0.25, 0.3) is 0 Å². The Bertz CT molecular complexity index is 1220. The number of aryl methyl sites for hydroxylation is 2. The summed E-state index contributed by atoms with van der Waals surface area (Å²) >= 11 is 0. The number of ether oxygens (including phenoxy) is 1. The number of aromatic nitrogens is 1. The summed E-state index contributed by atoms with van der Waals surface area (Å²) in [5, 5.41) is 22.4. The van der Waals surface area contributed by atoms with Gasteiger partial charge in [0.25, 0.3) is 5.91 Å². The zero-order chi connectivity index (χ0) is 29.7. The molecule has 1 fully saturated rings. The van der Waals surface area contributed by atoms with Crippen molar-refractivity contribution in [3.63, 3.8) is 0 Å². The average molecular weight is 571 g/mol. The number of fused-ring (bicyclic) bond motifs is 1. The molecular formula is C29H42N6O6. The van der Waals surface area contributed by atoms with E-state index in [-0.39, 0.29) is 36.1 Å². The first-order valence-electron chi connectivity index (χ1n) is 14.3. The van der Waals surface area contributed by atoms with E-state index in [2.05, 4.69) is 21.1 Å². The fourth-order valence-electron chi connectivity index (χ4n) is 5.34. The van der Waals surface area contributed by atoms with E-state index in [0.717, 1.165) is 25.7 Å². The smallest absolute Gasteiger partial charge is 0.323 e. The van der Waals surface area contributed by atoms with Gasteiger partial charge in [-0.3, -0.25) is 4.79 Å². The molecule has 0 saturated heterocycles. The quantitative estimate of drug-likeness (QED) is 0.391. The number of carbonyl (C=O) groups is 3. The molecule has 1 aliphatic heterocycles. The minimum absolute atomic E-state index is 0.135. The topological polar surface area (TPSA) is 149 Å². The molecule has 12 heteroatoms. The molecule has 1 saturated carbocycles. The number of urea groups is 2. The SMILES string of the molecule is Cc1noc(C)c1NC(=O)Nc1ccc2c(c1)C(=O)N([C@H](C)CO)C[C@H](C)[C@@H](CN(C)C(=O)NC1CCCCC1)O2. The predicted molar refractivity (Wildman–Crippen MR) is 154 cm³/mol. The van der Waals surface area contributed by atoms with Crippen LogP contribution in [0.15, 0.2) is 22.7 Å². The minimum atomic E-state index is -0.517. The van der Waals surface area contributed by atoms with Crippen molar-refractivity contribution >= 4 is 29.3 Å². The number of hydrogen-bond acceptors (Lipinski definition) is 7. The van der Waals surface area contributed by atoms with Crippen LogP contribution in [-0.2, 0) is 0 Å². The molecule has 1 aromatic carbocycles. The Morgan fingerprint density at radius 2 is 1.93 bits per heavy atom. The van der Waals surface area contributed by atoms with Gasteiger partial charge in [0.15, 0.2) is 5.76 Å². The first-order chi connectivity index (χ1) is 19.6. The van der Waals surface area contributed by atoms with Gasteiger partial charge in [-0.25, -0.2) is 9.59 Å². The lowest BCUT2D eigenvalue weighted by Crippen LogP contribution is -2.52. The lowest BCUT2D eigenvalue weighted by Gasteiger charge is -2.38. The number of hydrogen-bond donors (Lipinski definition) is 4. The molecule has 1 aliphatic carbocycles. The maximum atomic E-state index is 13.7. The van der Waals surface area contributed by atoms with Gasteiger partial charge in [0.05, 0.1) is 24.8 Å². The highest BCUT2D eigenvalue weighted by Gasteiger charge is 2.34. The van der Waals surface area contributed by atoms with Crippen LogP contribution in [0.3, 0.4) is 0 Å². The van der Waals surface area contributed by atoms with Gasteiger partial charge in [-0.2, -0.15) is 0 Å². The Balaban J connectivity index is 1.54. The number of aliphatic hydroxyl groups excluding tert-OH is 1. The number of carbonyl (C=O) groups excluding carboxylic acids is 3. The number of nitrogens with zero attached hydrogens (tertiary/aromatic N) is 3. The third kappa shape index (κ3) is 7.29. The molecule has 4 N–H and O–H groups in total. The molecule has 0 radical (unpaired) electrons. The highest BCUT2D eigenvalue weighted by atomic mass is 16.5. The summed E-state index contributed by atoms with van der Waals surface area (Å²) in [6.07, 6.45) is 5.02. The van der Waals surface area contributed by atoms with Crippen LogP contribution in [-0.4, -0.2) is 83.0 Å². The van der Waals surface area contributed by atoms with Crippen LogP contribution in [0.4, 0.5) is 21.0 Å². The molecule has 2 heterocycles. The highest BCUT2D eigenvalue weighted by molar-refractivity contribution is 6.03. The maximum Gasteiger partial charge on any atom is 0.323 e. The number of rotatable bonds is 7. The van der Waals surface area contributed by atoms with Crippen LogP contribution in [0.1, 0.15) is 67.8 Å². The second kappa shape index (κ2) is 13.2. The largest absolute Gasteiger partial charge is 0.487 e. The van der Waals surface area contributed by atoms with Crippen molar-refractivity contribution in [3.05, 3.63) is 35.2 Å². The number of likely N-dealkylation sites (N-methyl/N-ethyl adjacent to an activating group) is 1. The van der Waals surface area contributed by atoms with Crippen molar-refractivity contribution in [2.45, 2.75) is 78.0 Å². The lowest BCUT2D eigenvalue weighted by atomic mass is 9.96. The van der Waals surface area contributed by atoms with Gasteiger partial charge < -0.3 is 40.1 Å². The molecule has 41 heavy (non-hydrogen) atoms. The molecule has 1 aromatic heterocycles. The van der Waals surface area contributed by atoms with Gasteiger partial charge in [0.1, 0.15) is 23.2 Å². The zero-order valence-corrected chi connectivity index (χ0v) is 24.5. The standard InChI is InChI=1S/C29H42N6O6/c1-17-14-35(18(2)16-36)27(37)23-13-22(30-28(38)32-26-19(3)33-41-20(26)4)11-12-24(23)40-25(17)15-34(5)29(39)31-21-9-7-6-8-10-21/h11-13,17-18,21,25,36H,6-10,14-16H2,1-5H3,(H,31,39)(H2,30,32,38)/t17-,18+,25+/m0/s1. The summed E-state index contributed by atoms with van der Waals surface area (Å²) in [6, 6.07) is 3.95. The van der Waals surface area contributed by atoms with E-state index in [1.165, 1.54) is 6.42 Å². The van der Waals surface area contributed by atoms with Gasteiger partial charge in [-0.15, -0.1) is 0 Å². The van der Waals surface area contributed by atoms with E-state index in [1.54, 1.807) is 55.8 Å². The van der Waals surface area contributed by atoms with Gasteiger partial charge in [-0.1, -0.05) is 31.3 Å². The number of amides is 5. The first-order valence-corrected chi connectivity index (χ1v) is 14.3. The molecule has 12 nitrogen and oxygen atoms in total. The van der Waals surface area contributed by atoms with Gasteiger partial charge in [-0.05, 0) is 51.8 Å². The number of benzene rings is 1. The summed E-state index contributed by atoms with van der Waals surface area (Å²) in [4.78, 5) is 42.6. The number of aliphatic hydroxyl groups is 1. The van der Waals surface area contributed by atoms with Gasteiger partial charge >= 0.3 is 12.1 Å². The van der Waals surface area contributed by atoms with E-state index < -0.39 is 18.2 Å². The monoisotopic (exact) mass is 570 g/mol. The van der Waals surface area contributed by atoms with Crippen molar-refractivity contribution in [3.8, 4) is 5.75 Å². The average Bonchev–Trinajstić information content (AvgIpc) is 3.27. The van der Waals surface area contributed by atoms with Crippen LogP contribution in [0.5, 0.6) is 5.75 Å². The Kier molecular flexibility index (Phi) is 9.74. The summed E-state index contributed by atoms with van der Waals surface area (Å²) in [7, 11) is 1.75. The third-order valence-corrected chi connectivity index (χ3v) is 7.93. The maximum absolute atomic E-state index is 13.7. The zero-order valence-electron chi connectivity index (χ0n) is 24.5. The minimum Gasteiger partial charge on any atom is -0.487 e. The molecule has 0 unspecified atom stereocenters. The van der Waals surface area contributed by atoms with Crippen molar-refractivity contribution in [2.75, 3.05) is 37.4 Å². The molecule has 3 atom stereocenters. The Morgan fingerprint density at radius 3 is 2.59 bits per heavy atom. The normalized spacial score (nSPS) is 20.2. The molecule has 224 valence electrons. The van der Waals surface area contributed by atoms with Crippen LogP contribution < -0.4 is 20.7 Å². The molecule has 0 bridgehead atoms. The van der Waals surface area contributed by atoms with Gasteiger partial charge in [0.2, 0.25) is 0 Å². The van der Waals surface area contributed by atoms with Crippen LogP contribution in [0, 0.1) is 19.8 Å². The Hall–Kier alpha value is -3.80. The molecule has 4 rings (SSSR count). The van der Waals surface area contributed by atoms with Crippen molar-refractivity contribution < 1.29 is 28.8 Å². The fourth-order valence-corrected chi connectivity index (χ4v) is 5.34.